The minimum absolute atomic E-state index is 0.152. The summed E-state index contributed by atoms with van der Waals surface area (Å²) in [6.45, 7) is 2.37. The van der Waals surface area contributed by atoms with Crippen LogP contribution in [0.15, 0.2) is 12.4 Å². The third-order valence-corrected chi connectivity index (χ3v) is 3.60. The molecule has 0 aliphatic heterocycles. The number of aliphatic carboxylic acids is 1. The van der Waals surface area contributed by atoms with Crippen molar-refractivity contribution in [3.8, 4) is 5.88 Å². The van der Waals surface area contributed by atoms with E-state index < -0.39 is 12.0 Å². The SMILES string of the molecule is CCOc1cncc(NC(C(=O)O)C2CCCCC2)n1. The van der Waals surface area contributed by atoms with Crippen molar-refractivity contribution in [1.29, 1.82) is 0 Å². The van der Waals surface area contributed by atoms with Crippen molar-refractivity contribution in [2.75, 3.05) is 11.9 Å². The molecule has 1 saturated carbocycles. The van der Waals surface area contributed by atoms with E-state index in [-0.39, 0.29) is 5.92 Å². The van der Waals surface area contributed by atoms with Gasteiger partial charge in [-0.3, -0.25) is 4.98 Å². The fraction of sp³-hybridized carbons (Fsp3) is 0.643. The van der Waals surface area contributed by atoms with E-state index in [1.54, 1.807) is 0 Å². The van der Waals surface area contributed by atoms with Gasteiger partial charge in [-0.1, -0.05) is 19.3 Å². The molecule has 0 spiro atoms. The highest BCUT2D eigenvalue weighted by Gasteiger charge is 2.29. The van der Waals surface area contributed by atoms with E-state index in [9.17, 15) is 9.90 Å². The number of carboxylic acids is 1. The monoisotopic (exact) mass is 279 g/mol. The summed E-state index contributed by atoms with van der Waals surface area (Å²) < 4.78 is 5.27. The quantitative estimate of drug-likeness (QED) is 0.831. The fourth-order valence-corrected chi connectivity index (χ4v) is 2.64. The Bertz CT molecular complexity index is 447. The Morgan fingerprint density at radius 1 is 1.45 bits per heavy atom. The Kier molecular flexibility index (Phi) is 5.15. The number of ether oxygens (including phenoxy) is 1. The molecule has 1 aliphatic rings. The molecule has 6 nitrogen and oxygen atoms in total. The maximum absolute atomic E-state index is 11.5. The molecule has 0 saturated heterocycles. The van der Waals surface area contributed by atoms with Crippen LogP contribution in [-0.2, 0) is 4.79 Å². The molecule has 2 rings (SSSR count). The van der Waals surface area contributed by atoms with Crippen molar-refractivity contribution in [2.45, 2.75) is 45.1 Å². The van der Waals surface area contributed by atoms with Crippen LogP contribution in [0.2, 0.25) is 0 Å². The Labute approximate surface area is 118 Å². The van der Waals surface area contributed by atoms with Crippen LogP contribution < -0.4 is 10.1 Å². The Morgan fingerprint density at radius 2 is 2.20 bits per heavy atom. The lowest BCUT2D eigenvalue weighted by Gasteiger charge is -2.28. The third-order valence-electron chi connectivity index (χ3n) is 3.60. The highest BCUT2D eigenvalue weighted by atomic mass is 16.5. The van der Waals surface area contributed by atoms with Crippen LogP contribution in [0.3, 0.4) is 0 Å². The molecule has 110 valence electrons. The third kappa shape index (κ3) is 3.82. The first kappa shape index (κ1) is 14.6. The van der Waals surface area contributed by atoms with E-state index in [4.69, 9.17) is 4.74 Å². The summed E-state index contributed by atoms with van der Waals surface area (Å²) in [6.07, 6.45) is 8.33. The smallest absolute Gasteiger partial charge is 0.326 e. The second-order valence-electron chi connectivity index (χ2n) is 5.03. The molecule has 1 unspecified atom stereocenters. The largest absolute Gasteiger partial charge is 0.480 e. The van der Waals surface area contributed by atoms with Crippen molar-refractivity contribution < 1.29 is 14.6 Å². The molecule has 2 N–H and O–H groups in total. The van der Waals surface area contributed by atoms with Crippen LogP contribution >= 0.6 is 0 Å². The van der Waals surface area contributed by atoms with E-state index in [2.05, 4.69) is 15.3 Å². The van der Waals surface area contributed by atoms with Crippen molar-refractivity contribution >= 4 is 11.8 Å². The number of hydrogen-bond acceptors (Lipinski definition) is 5. The molecule has 1 atom stereocenters. The summed E-state index contributed by atoms with van der Waals surface area (Å²) in [6, 6.07) is -0.610. The van der Waals surface area contributed by atoms with Gasteiger partial charge in [0.15, 0.2) is 0 Å². The zero-order chi connectivity index (χ0) is 14.4. The van der Waals surface area contributed by atoms with E-state index in [1.165, 1.54) is 18.8 Å². The molecule has 0 bridgehead atoms. The topological polar surface area (TPSA) is 84.3 Å². The predicted octanol–water partition coefficient (Wildman–Crippen LogP) is 2.32. The van der Waals surface area contributed by atoms with Gasteiger partial charge in [0.1, 0.15) is 11.9 Å². The average Bonchev–Trinajstić information content (AvgIpc) is 2.46. The van der Waals surface area contributed by atoms with Crippen LogP contribution in [-0.4, -0.2) is 33.7 Å². The molecular weight excluding hydrogens is 258 g/mol. The van der Waals surface area contributed by atoms with Gasteiger partial charge in [-0.25, -0.2) is 4.79 Å². The summed E-state index contributed by atoms with van der Waals surface area (Å²) in [5.74, 6) is 0.179. The number of aromatic nitrogens is 2. The van der Waals surface area contributed by atoms with Gasteiger partial charge in [0, 0.05) is 0 Å². The number of carboxylic acid groups (broad SMARTS) is 1. The molecule has 1 fully saturated rings. The number of rotatable bonds is 6. The number of carbonyl (C=O) groups is 1. The van der Waals surface area contributed by atoms with Crippen LogP contribution in [0.5, 0.6) is 5.88 Å². The summed E-state index contributed by atoms with van der Waals surface area (Å²) in [5.41, 5.74) is 0. The van der Waals surface area contributed by atoms with Gasteiger partial charge >= 0.3 is 5.97 Å². The van der Waals surface area contributed by atoms with Gasteiger partial charge in [0.25, 0.3) is 0 Å². The standard InChI is InChI=1S/C14H21N3O3/c1-2-20-12-9-15-8-11(16-12)17-13(14(18)19)10-6-4-3-5-7-10/h8-10,13H,2-7H2,1H3,(H,16,17)(H,18,19). The lowest BCUT2D eigenvalue weighted by Crippen LogP contribution is -2.38. The van der Waals surface area contributed by atoms with E-state index in [0.29, 0.717) is 18.3 Å². The maximum atomic E-state index is 11.5. The van der Waals surface area contributed by atoms with Crippen LogP contribution in [0.25, 0.3) is 0 Å². The zero-order valence-electron chi connectivity index (χ0n) is 11.7. The molecular formula is C14H21N3O3. The van der Waals surface area contributed by atoms with Crippen molar-refractivity contribution in [3.63, 3.8) is 0 Å². The summed E-state index contributed by atoms with van der Waals surface area (Å²) in [5, 5.41) is 12.4. The zero-order valence-corrected chi connectivity index (χ0v) is 11.7. The molecule has 1 aliphatic carbocycles. The normalized spacial score (nSPS) is 17.4. The summed E-state index contributed by atoms with van der Waals surface area (Å²) in [4.78, 5) is 19.7. The lowest BCUT2D eigenvalue weighted by atomic mass is 9.84. The number of nitrogens with zero attached hydrogens (tertiary/aromatic N) is 2. The highest BCUT2D eigenvalue weighted by Crippen LogP contribution is 2.28. The molecule has 1 aromatic rings. The van der Waals surface area contributed by atoms with Crippen LogP contribution in [0.1, 0.15) is 39.0 Å². The highest BCUT2D eigenvalue weighted by molar-refractivity contribution is 5.77. The first-order valence-corrected chi connectivity index (χ1v) is 7.15. The van der Waals surface area contributed by atoms with E-state index >= 15 is 0 Å². The van der Waals surface area contributed by atoms with Crippen LogP contribution in [0, 0.1) is 5.92 Å². The summed E-state index contributed by atoms with van der Waals surface area (Å²) in [7, 11) is 0. The lowest BCUT2D eigenvalue weighted by molar-refractivity contribution is -0.139. The van der Waals surface area contributed by atoms with Crippen LogP contribution in [0.4, 0.5) is 5.82 Å². The molecule has 1 heterocycles. The predicted molar refractivity (Wildman–Crippen MR) is 74.8 cm³/mol. The first-order valence-electron chi connectivity index (χ1n) is 7.15. The molecule has 0 amide bonds. The molecule has 0 radical (unpaired) electrons. The van der Waals surface area contributed by atoms with E-state index in [0.717, 1.165) is 25.7 Å². The van der Waals surface area contributed by atoms with Gasteiger partial charge in [0.2, 0.25) is 5.88 Å². The maximum Gasteiger partial charge on any atom is 0.326 e. The average molecular weight is 279 g/mol. The minimum Gasteiger partial charge on any atom is -0.480 e. The van der Waals surface area contributed by atoms with Crippen molar-refractivity contribution in [3.05, 3.63) is 12.4 Å². The van der Waals surface area contributed by atoms with Gasteiger partial charge in [-0.2, -0.15) is 4.98 Å². The second kappa shape index (κ2) is 7.07. The second-order valence-corrected chi connectivity index (χ2v) is 5.03. The fourth-order valence-electron chi connectivity index (χ4n) is 2.64. The van der Waals surface area contributed by atoms with Gasteiger partial charge in [-0.15, -0.1) is 0 Å². The van der Waals surface area contributed by atoms with E-state index in [1.807, 2.05) is 6.92 Å². The van der Waals surface area contributed by atoms with Gasteiger partial charge in [-0.05, 0) is 25.7 Å². The Hall–Kier alpha value is -1.85. The number of hydrogen-bond donors (Lipinski definition) is 2. The minimum atomic E-state index is -0.833. The van der Waals surface area contributed by atoms with Gasteiger partial charge in [0.05, 0.1) is 19.0 Å². The molecule has 1 aromatic heterocycles. The molecule has 20 heavy (non-hydrogen) atoms. The van der Waals surface area contributed by atoms with Crippen molar-refractivity contribution in [2.24, 2.45) is 5.92 Å². The molecule has 0 aromatic carbocycles. The number of anilines is 1. The summed E-state index contributed by atoms with van der Waals surface area (Å²) >= 11 is 0. The molecule has 6 heteroatoms. The van der Waals surface area contributed by atoms with Crippen molar-refractivity contribution in [1.82, 2.24) is 9.97 Å². The Balaban J connectivity index is 2.07. The Morgan fingerprint density at radius 3 is 2.85 bits per heavy atom. The van der Waals surface area contributed by atoms with Gasteiger partial charge < -0.3 is 15.2 Å². The first-order chi connectivity index (χ1) is 9.70. The number of nitrogens with one attached hydrogen (secondary N) is 1.